The van der Waals surface area contributed by atoms with Crippen molar-refractivity contribution in [1.82, 2.24) is 0 Å². The molecule has 2 aliphatic heterocycles. The van der Waals surface area contributed by atoms with Crippen LogP contribution in [-0.4, -0.2) is 18.2 Å². The molecule has 2 saturated heterocycles. The monoisotopic (exact) mass is 189 g/mol. The van der Waals surface area contributed by atoms with E-state index in [0.29, 0.717) is 5.75 Å². The first kappa shape index (κ1) is 8.16. The SMILES string of the molecule is Oc1cccc(N2CC3CC(C3)C2)c1. The van der Waals surface area contributed by atoms with E-state index in [-0.39, 0.29) is 0 Å². The van der Waals surface area contributed by atoms with Crippen molar-refractivity contribution in [3.63, 3.8) is 0 Å². The predicted octanol–water partition coefficient (Wildman–Crippen LogP) is 2.24. The zero-order valence-electron chi connectivity index (χ0n) is 8.19. The van der Waals surface area contributed by atoms with E-state index in [1.807, 2.05) is 12.1 Å². The Kier molecular flexibility index (Phi) is 1.69. The number of nitrogens with zero attached hydrogens (tertiary/aromatic N) is 1. The largest absolute Gasteiger partial charge is 0.508 e. The molecule has 0 aromatic heterocycles. The molecule has 3 aliphatic rings. The summed E-state index contributed by atoms with van der Waals surface area (Å²) in [6.45, 7) is 2.36. The molecule has 14 heavy (non-hydrogen) atoms. The topological polar surface area (TPSA) is 23.5 Å². The number of benzene rings is 1. The summed E-state index contributed by atoms with van der Waals surface area (Å²) >= 11 is 0. The van der Waals surface area contributed by atoms with Crippen LogP contribution in [0.2, 0.25) is 0 Å². The van der Waals surface area contributed by atoms with Gasteiger partial charge in [0.05, 0.1) is 0 Å². The summed E-state index contributed by atoms with van der Waals surface area (Å²) in [7, 11) is 0. The smallest absolute Gasteiger partial charge is 0.117 e. The number of hydrogen-bond acceptors (Lipinski definition) is 2. The Hall–Kier alpha value is -1.18. The number of aromatic hydroxyl groups is 1. The third-order valence-corrected chi connectivity index (χ3v) is 3.49. The highest BCUT2D eigenvalue weighted by Gasteiger charge is 2.36. The van der Waals surface area contributed by atoms with Gasteiger partial charge in [-0.2, -0.15) is 0 Å². The van der Waals surface area contributed by atoms with Crippen LogP contribution in [0, 0.1) is 11.8 Å². The number of phenols is 1. The summed E-state index contributed by atoms with van der Waals surface area (Å²) in [4.78, 5) is 2.40. The highest BCUT2D eigenvalue weighted by molar-refractivity contribution is 5.51. The van der Waals surface area contributed by atoms with E-state index >= 15 is 0 Å². The first-order chi connectivity index (χ1) is 6.81. The van der Waals surface area contributed by atoms with Gasteiger partial charge in [-0.25, -0.2) is 0 Å². The molecule has 0 spiro atoms. The van der Waals surface area contributed by atoms with Gasteiger partial charge >= 0.3 is 0 Å². The average Bonchev–Trinajstić information content (AvgIpc) is 2.17. The molecular formula is C12H15NO. The van der Waals surface area contributed by atoms with Gasteiger partial charge in [0, 0.05) is 24.8 Å². The van der Waals surface area contributed by atoms with Crippen LogP contribution < -0.4 is 4.90 Å². The van der Waals surface area contributed by atoms with Gasteiger partial charge in [0.1, 0.15) is 5.75 Å². The van der Waals surface area contributed by atoms with E-state index in [2.05, 4.69) is 11.0 Å². The second-order valence-electron chi connectivity index (χ2n) is 4.63. The fourth-order valence-electron chi connectivity index (χ4n) is 2.77. The molecule has 4 rings (SSSR count). The Bertz CT molecular complexity index is 334. The summed E-state index contributed by atoms with van der Waals surface area (Å²) in [5.41, 5.74) is 1.18. The maximum atomic E-state index is 9.39. The molecule has 1 aromatic carbocycles. The molecule has 1 saturated carbocycles. The summed E-state index contributed by atoms with van der Waals surface area (Å²) in [5, 5.41) is 9.39. The number of fused-ring (bicyclic) bond motifs is 2. The van der Waals surface area contributed by atoms with Crippen LogP contribution in [0.1, 0.15) is 12.8 Å². The van der Waals surface area contributed by atoms with Gasteiger partial charge in [-0.05, 0) is 36.8 Å². The second-order valence-corrected chi connectivity index (χ2v) is 4.63. The molecule has 0 amide bonds. The van der Waals surface area contributed by atoms with Crippen molar-refractivity contribution in [3.05, 3.63) is 24.3 Å². The van der Waals surface area contributed by atoms with Gasteiger partial charge in [-0.15, -0.1) is 0 Å². The quantitative estimate of drug-likeness (QED) is 0.732. The minimum absolute atomic E-state index is 0.377. The summed E-state index contributed by atoms with van der Waals surface area (Å²) in [6, 6.07) is 7.61. The lowest BCUT2D eigenvalue weighted by Crippen LogP contribution is -2.48. The van der Waals surface area contributed by atoms with Crippen molar-refractivity contribution in [2.75, 3.05) is 18.0 Å². The summed E-state index contributed by atoms with van der Waals surface area (Å²) in [5.74, 6) is 2.20. The summed E-state index contributed by atoms with van der Waals surface area (Å²) in [6.07, 6.45) is 2.85. The Morgan fingerprint density at radius 2 is 1.86 bits per heavy atom. The molecule has 0 unspecified atom stereocenters. The van der Waals surface area contributed by atoms with Crippen molar-refractivity contribution in [2.24, 2.45) is 11.8 Å². The minimum atomic E-state index is 0.377. The molecule has 74 valence electrons. The second kappa shape index (κ2) is 2.91. The van der Waals surface area contributed by atoms with E-state index in [1.165, 1.54) is 31.6 Å². The van der Waals surface area contributed by atoms with Crippen LogP contribution in [0.15, 0.2) is 24.3 Å². The van der Waals surface area contributed by atoms with E-state index in [1.54, 1.807) is 6.07 Å². The van der Waals surface area contributed by atoms with Crippen molar-refractivity contribution in [3.8, 4) is 5.75 Å². The third kappa shape index (κ3) is 1.26. The van der Waals surface area contributed by atoms with Crippen LogP contribution >= 0.6 is 0 Å². The normalized spacial score (nSPS) is 29.9. The lowest BCUT2D eigenvalue weighted by molar-refractivity contribution is 0.159. The molecule has 1 N–H and O–H groups in total. The van der Waals surface area contributed by atoms with Crippen LogP contribution in [-0.2, 0) is 0 Å². The molecule has 0 radical (unpaired) electrons. The van der Waals surface area contributed by atoms with Crippen molar-refractivity contribution >= 4 is 5.69 Å². The lowest BCUT2D eigenvalue weighted by atomic mass is 9.71. The van der Waals surface area contributed by atoms with Gasteiger partial charge < -0.3 is 10.0 Å². The van der Waals surface area contributed by atoms with E-state index in [4.69, 9.17) is 0 Å². The molecule has 2 heterocycles. The number of phenolic OH excluding ortho intramolecular Hbond substituents is 1. The van der Waals surface area contributed by atoms with Gasteiger partial charge in [-0.1, -0.05) is 6.07 Å². The Morgan fingerprint density at radius 3 is 2.50 bits per heavy atom. The molecule has 3 fully saturated rings. The van der Waals surface area contributed by atoms with Gasteiger partial charge in [0.15, 0.2) is 0 Å². The number of rotatable bonds is 1. The fraction of sp³-hybridized carbons (Fsp3) is 0.500. The van der Waals surface area contributed by atoms with Gasteiger partial charge in [-0.3, -0.25) is 0 Å². The van der Waals surface area contributed by atoms with Gasteiger partial charge in [0.2, 0.25) is 0 Å². The average molecular weight is 189 g/mol. The number of piperidine rings is 2. The molecule has 1 aromatic rings. The highest BCUT2D eigenvalue weighted by Crippen LogP contribution is 2.41. The molecular weight excluding hydrogens is 174 g/mol. The van der Waals surface area contributed by atoms with E-state index in [9.17, 15) is 5.11 Å². The molecule has 2 bridgehead atoms. The fourth-order valence-corrected chi connectivity index (χ4v) is 2.77. The van der Waals surface area contributed by atoms with Crippen LogP contribution in [0.4, 0.5) is 5.69 Å². The molecule has 2 nitrogen and oxygen atoms in total. The number of hydrogen-bond donors (Lipinski definition) is 1. The van der Waals surface area contributed by atoms with E-state index < -0.39 is 0 Å². The molecule has 2 heteroatoms. The predicted molar refractivity (Wildman–Crippen MR) is 56.5 cm³/mol. The van der Waals surface area contributed by atoms with Crippen molar-refractivity contribution in [1.29, 1.82) is 0 Å². The van der Waals surface area contributed by atoms with Crippen molar-refractivity contribution in [2.45, 2.75) is 12.8 Å². The first-order valence-electron chi connectivity index (χ1n) is 5.35. The minimum Gasteiger partial charge on any atom is -0.508 e. The Morgan fingerprint density at radius 1 is 1.14 bits per heavy atom. The summed E-state index contributed by atoms with van der Waals surface area (Å²) < 4.78 is 0. The van der Waals surface area contributed by atoms with Crippen molar-refractivity contribution < 1.29 is 5.11 Å². The maximum Gasteiger partial charge on any atom is 0.117 e. The van der Waals surface area contributed by atoms with Gasteiger partial charge in [0.25, 0.3) is 0 Å². The third-order valence-electron chi connectivity index (χ3n) is 3.49. The zero-order valence-corrected chi connectivity index (χ0v) is 8.19. The number of anilines is 1. The zero-order chi connectivity index (χ0) is 9.54. The molecule has 1 aliphatic carbocycles. The molecule has 0 atom stereocenters. The van der Waals surface area contributed by atoms with E-state index in [0.717, 1.165) is 11.8 Å². The van der Waals surface area contributed by atoms with Crippen LogP contribution in [0.5, 0.6) is 5.75 Å². The maximum absolute atomic E-state index is 9.39. The lowest BCUT2D eigenvalue weighted by Gasteiger charge is -2.48. The highest BCUT2D eigenvalue weighted by atomic mass is 16.3. The first-order valence-corrected chi connectivity index (χ1v) is 5.35. The Labute approximate surface area is 84.2 Å². The standard InChI is InChI=1S/C12H15NO/c14-12-3-1-2-11(6-12)13-7-9-4-10(5-9)8-13/h1-3,6,9-10,14H,4-5,7-8H2. The van der Waals surface area contributed by atoms with Crippen LogP contribution in [0.25, 0.3) is 0 Å². The van der Waals surface area contributed by atoms with Crippen LogP contribution in [0.3, 0.4) is 0 Å². The Balaban J connectivity index is 1.82.